The zero-order valence-electron chi connectivity index (χ0n) is 11.4. The van der Waals surface area contributed by atoms with Gasteiger partial charge in [0.1, 0.15) is 0 Å². The third-order valence-electron chi connectivity index (χ3n) is 3.71. The van der Waals surface area contributed by atoms with Gasteiger partial charge < -0.3 is 4.74 Å². The third kappa shape index (κ3) is 5.33. The van der Waals surface area contributed by atoms with Crippen molar-refractivity contribution in [2.45, 2.75) is 38.5 Å². The zero-order valence-corrected chi connectivity index (χ0v) is 11.4. The molecule has 0 bridgehead atoms. The van der Waals surface area contributed by atoms with E-state index in [9.17, 15) is 4.79 Å². The Morgan fingerprint density at radius 2 is 1.95 bits per heavy atom. The molecule has 1 aliphatic rings. The van der Waals surface area contributed by atoms with Crippen molar-refractivity contribution >= 4 is 6.09 Å². The van der Waals surface area contributed by atoms with Gasteiger partial charge in [0.25, 0.3) is 0 Å². The maximum absolute atomic E-state index is 11.4. The standard InChI is InChI=1S/C16H22NO2/c18-16(17-12-10-14-8-4-5-9-14)19-13-11-15-6-2-1-3-7-15/h1-3,6-7,14H,4-5,8-13H2. The molecule has 103 valence electrons. The predicted molar refractivity (Wildman–Crippen MR) is 75.1 cm³/mol. The number of ether oxygens (including phenoxy) is 1. The minimum Gasteiger partial charge on any atom is -0.448 e. The summed E-state index contributed by atoms with van der Waals surface area (Å²) in [7, 11) is 0. The van der Waals surface area contributed by atoms with E-state index in [1.165, 1.54) is 31.2 Å². The van der Waals surface area contributed by atoms with E-state index < -0.39 is 6.09 Å². The second kappa shape index (κ2) is 7.82. The summed E-state index contributed by atoms with van der Waals surface area (Å²) >= 11 is 0. The molecule has 0 heterocycles. The van der Waals surface area contributed by atoms with Crippen LogP contribution in [0.2, 0.25) is 0 Å². The fourth-order valence-electron chi connectivity index (χ4n) is 2.58. The molecule has 1 radical (unpaired) electrons. The molecule has 3 nitrogen and oxygen atoms in total. The lowest BCUT2D eigenvalue weighted by atomic mass is 10.0. The van der Waals surface area contributed by atoms with Crippen molar-refractivity contribution in [2.75, 3.05) is 13.2 Å². The van der Waals surface area contributed by atoms with Gasteiger partial charge in [0.15, 0.2) is 0 Å². The first-order chi connectivity index (χ1) is 9.34. The smallest absolute Gasteiger partial charge is 0.428 e. The molecule has 3 heteroatoms. The molecular weight excluding hydrogens is 238 g/mol. The fourth-order valence-corrected chi connectivity index (χ4v) is 2.58. The summed E-state index contributed by atoms with van der Waals surface area (Å²) in [5.74, 6) is 0.779. The Kier molecular flexibility index (Phi) is 5.73. The van der Waals surface area contributed by atoms with Crippen molar-refractivity contribution in [3.63, 3.8) is 0 Å². The fraction of sp³-hybridized carbons (Fsp3) is 0.562. The summed E-state index contributed by atoms with van der Waals surface area (Å²) in [5.41, 5.74) is 1.18. The average molecular weight is 260 g/mol. The summed E-state index contributed by atoms with van der Waals surface area (Å²) in [6.45, 7) is 1.03. The van der Waals surface area contributed by atoms with Crippen LogP contribution in [0, 0.1) is 5.92 Å². The topological polar surface area (TPSA) is 40.4 Å². The number of rotatable bonds is 6. The lowest BCUT2D eigenvalue weighted by Gasteiger charge is -2.08. The molecular formula is C16H22NO2. The summed E-state index contributed by atoms with van der Waals surface area (Å²) < 4.78 is 5.11. The second-order valence-corrected chi connectivity index (χ2v) is 5.17. The molecule has 1 aromatic rings. The molecule has 1 amide bonds. The van der Waals surface area contributed by atoms with E-state index in [-0.39, 0.29) is 0 Å². The van der Waals surface area contributed by atoms with Crippen LogP contribution in [-0.4, -0.2) is 19.2 Å². The van der Waals surface area contributed by atoms with E-state index in [1.807, 2.05) is 30.3 Å². The number of amides is 1. The average Bonchev–Trinajstić information content (AvgIpc) is 2.93. The quantitative estimate of drug-likeness (QED) is 0.784. The lowest BCUT2D eigenvalue weighted by Crippen LogP contribution is -2.20. The van der Waals surface area contributed by atoms with Crippen LogP contribution in [0.5, 0.6) is 0 Å². The Hall–Kier alpha value is -1.51. The van der Waals surface area contributed by atoms with Gasteiger partial charge in [-0.2, -0.15) is 0 Å². The molecule has 1 saturated carbocycles. The number of nitrogens with zero attached hydrogens (tertiary/aromatic N) is 1. The van der Waals surface area contributed by atoms with Crippen molar-refractivity contribution in [3.05, 3.63) is 35.9 Å². The van der Waals surface area contributed by atoms with Gasteiger partial charge in [0.2, 0.25) is 0 Å². The maximum Gasteiger partial charge on any atom is 0.428 e. The van der Waals surface area contributed by atoms with Crippen molar-refractivity contribution in [2.24, 2.45) is 5.92 Å². The van der Waals surface area contributed by atoms with Gasteiger partial charge in [0.05, 0.1) is 6.61 Å². The van der Waals surface area contributed by atoms with Crippen LogP contribution in [-0.2, 0) is 11.2 Å². The van der Waals surface area contributed by atoms with Gasteiger partial charge in [-0.25, -0.2) is 10.1 Å². The maximum atomic E-state index is 11.4. The first-order valence-corrected chi connectivity index (χ1v) is 7.23. The van der Waals surface area contributed by atoms with Crippen LogP contribution in [0.15, 0.2) is 30.3 Å². The summed E-state index contributed by atoms with van der Waals surface area (Å²) in [6, 6.07) is 10.0. The second-order valence-electron chi connectivity index (χ2n) is 5.17. The Morgan fingerprint density at radius 3 is 2.68 bits per heavy atom. The Bertz CT molecular complexity index is 372. The van der Waals surface area contributed by atoms with Crippen LogP contribution in [0.4, 0.5) is 4.79 Å². The minimum absolute atomic E-state index is 0.408. The van der Waals surface area contributed by atoms with E-state index >= 15 is 0 Å². The zero-order chi connectivity index (χ0) is 13.3. The van der Waals surface area contributed by atoms with Gasteiger partial charge >= 0.3 is 6.09 Å². The molecule has 0 N–H and O–H groups in total. The Balaban J connectivity index is 1.52. The molecule has 1 aliphatic carbocycles. The lowest BCUT2D eigenvalue weighted by molar-refractivity contribution is 0.146. The molecule has 19 heavy (non-hydrogen) atoms. The molecule has 0 unspecified atom stereocenters. The Morgan fingerprint density at radius 1 is 1.21 bits per heavy atom. The molecule has 1 aromatic carbocycles. The van der Waals surface area contributed by atoms with Crippen LogP contribution in [0.3, 0.4) is 0 Å². The van der Waals surface area contributed by atoms with Gasteiger partial charge in [-0.3, -0.25) is 0 Å². The molecule has 2 rings (SSSR count). The van der Waals surface area contributed by atoms with Gasteiger partial charge in [0, 0.05) is 13.0 Å². The number of hydrogen-bond donors (Lipinski definition) is 0. The number of benzene rings is 1. The highest BCUT2D eigenvalue weighted by molar-refractivity contribution is 5.66. The summed E-state index contributed by atoms with van der Waals surface area (Å²) in [6.07, 6.45) is 6.67. The van der Waals surface area contributed by atoms with Gasteiger partial charge in [-0.05, 0) is 17.9 Å². The molecule has 1 fully saturated rings. The largest absolute Gasteiger partial charge is 0.448 e. The first-order valence-electron chi connectivity index (χ1n) is 7.23. The number of hydrogen-bond acceptors (Lipinski definition) is 2. The number of carbonyl (C=O) groups excluding carboxylic acids is 1. The Labute approximate surface area is 115 Å². The predicted octanol–water partition coefficient (Wildman–Crippen LogP) is 3.55. The molecule has 0 saturated heterocycles. The van der Waals surface area contributed by atoms with Crippen molar-refractivity contribution in [1.82, 2.24) is 5.32 Å². The van der Waals surface area contributed by atoms with E-state index in [0.29, 0.717) is 13.2 Å². The highest BCUT2D eigenvalue weighted by Gasteiger charge is 2.15. The summed E-state index contributed by atoms with van der Waals surface area (Å²) in [4.78, 5) is 11.4. The number of carbonyl (C=O) groups is 1. The van der Waals surface area contributed by atoms with E-state index in [0.717, 1.165) is 18.8 Å². The first kappa shape index (κ1) is 13.9. The van der Waals surface area contributed by atoms with Crippen LogP contribution < -0.4 is 5.32 Å². The monoisotopic (exact) mass is 260 g/mol. The van der Waals surface area contributed by atoms with Crippen LogP contribution >= 0.6 is 0 Å². The highest BCUT2D eigenvalue weighted by Crippen LogP contribution is 2.26. The van der Waals surface area contributed by atoms with Crippen LogP contribution in [0.1, 0.15) is 37.7 Å². The van der Waals surface area contributed by atoms with E-state index in [2.05, 4.69) is 5.32 Å². The van der Waals surface area contributed by atoms with Crippen molar-refractivity contribution in [1.29, 1.82) is 0 Å². The third-order valence-corrected chi connectivity index (χ3v) is 3.71. The van der Waals surface area contributed by atoms with E-state index in [1.54, 1.807) is 0 Å². The molecule has 0 atom stereocenters. The SMILES string of the molecule is O=C([N]CCC1CCCC1)OCCc1ccccc1. The molecule has 0 aromatic heterocycles. The molecule has 0 spiro atoms. The minimum atomic E-state index is -0.408. The molecule has 0 aliphatic heterocycles. The van der Waals surface area contributed by atoms with Crippen molar-refractivity contribution < 1.29 is 9.53 Å². The van der Waals surface area contributed by atoms with E-state index in [4.69, 9.17) is 4.74 Å². The van der Waals surface area contributed by atoms with Gasteiger partial charge in [-0.15, -0.1) is 0 Å². The normalized spacial score (nSPS) is 15.4. The summed E-state index contributed by atoms with van der Waals surface area (Å²) in [5, 5.41) is 3.96. The van der Waals surface area contributed by atoms with Crippen LogP contribution in [0.25, 0.3) is 0 Å². The highest BCUT2D eigenvalue weighted by atomic mass is 16.5. The van der Waals surface area contributed by atoms with Gasteiger partial charge in [-0.1, -0.05) is 56.0 Å². The van der Waals surface area contributed by atoms with Crippen molar-refractivity contribution in [3.8, 4) is 0 Å².